The minimum absolute atomic E-state index is 0.117. The molecule has 2 N–H and O–H groups in total. The summed E-state index contributed by atoms with van der Waals surface area (Å²) in [7, 11) is -3.22. The van der Waals surface area contributed by atoms with E-state index in [1.165, 1.54) is 6.07 Å². The Morgan fingerprint density at radius 1 is 1.43 bits per heavy atom. The van der Waals surface area contributed by atoms with Gasteiger partial charge in [-0.15, -0.1) is 0 Å². The van der Waals surface area contributed by atoms with E-state index in [0.29, 0.717) is 17.8 Å². The number of nitrogens with zero attached hydrogens (tertiary/aromatic N) is 1. The van der Waals surface area contributed by atoms with Crippen molar-refractivity contribution in [3.8, 4) is 0 Å². The molecule has 5 heteroatoms. The molecule has 1 heterocycles. The molecule has 0 saturated heterocycles. The molecule has 0 aliphatic rings. The average molecular weight is 214 g/mol. The monoisotopic (exact) mass is 214 g/mol. The molecular formula is C9H14N2O2S. The highest BCUT2D eigenvalue weighted by Gasteiger charge is 2.15. The maximum atomic E-state index is 11.6. The first-order valence-electron chi connectivity index (χ1n) is 4.43. The topological polar surface area (TPSA) is 73.0 Å². The van der Waals surface area contributed by atoms with Crippen molar-refractivity contribution in [1.29, 1.82) is 0 Å². The molecule has 14 heavy (non-hydrogen) atoms. The summed E-state index contributed by atoms with van der Waals surface area (Å²) in [5.74, 6) is 0.128. The second kappa shape index (κ2) is 3.96. The standard InChI is InChI=1S/C9H14N2O2S/c1-3-6-14(12,13)9-5-4-8(10)7(2)11-9/h4-5H,3,6,10H2,1-2H3. The van der Waals surface area contributed by atoms with Gasteiger partial charge in [-0.05, 0) is 25.5 Å². The third kappa shape index (κ3) is 2.23. The van der Waals surface area contributed by atoms with Gasteiger partial charge < -0.3 is 5.73 Å². The van der Waals surface area contributed by atoms with Gasteiger partial charge in [0.15, 0.2) is 14.9 Å². The molecule has 0 atom stereocenters. The van der Waals surface area contributed by atoms with Gasteiger partial charge in [0.1, 0.15) is 0 Å². The fourth-order valence-corrected chi connectivity index (χ4v) is 2.39. The van der Waals surface area contributed by atoms with Crippen LogP contribution in [0.15, 0.2) is 17.2 Å². The van der Waals surface area contributed by atoms with E-state index in [-0.39, 0.29) is 10.8 Å². The SMILES string of the molecule is CCCS(=O)(=O)c1ccc(N)c(C)n1. The maximum absolute atomic E-state index is 11.6. The van der Waals surface area contributed by atoms with Crippen molar-refractivity contribution in [3.05, 3.63) is 17.8 Å². The van der Waals surface area contributed by atoms with Gasteiger partial charge in [-0.2, -0.15) is 0 Å². The van der Waals surface area contributed by atoms with Gasteiger partial charge in [0, 0.05) is 0 Å². The van der Waals surface area contributed by atoms with Crippen LogP contribution in [0.4, 0.5) is 5.69 Å². The third-order valence-corrected chi connectivity index (χ3v) is 3.70. The van der Waals surface area contributed by atoms with E-state index in [2.05, 4.69) is 4.98 Å². The molecule has 0 spiro atoms. The van der Waals surface area contributed by atoms with Crippen LogP contribution in [0.3, 0.4) is 0 Å². The summed E-state index contributed by atoms with van der Waals surface area (Å²) < 4.78 is 23.2. The van der Waals surface area contributed by atoms with Crippen LogP contribution in [0.5, 0.6) is 0 Å². The van der Waals surface area contributed by atoms with Gasteiger partial charge in [0.25, 0.3) is 0 Å². The molecule has 0 saturated carbocycles. The number of aryl methyl sites for hydroxylation is 1. The summed E-state index contributed by atoms with van der Waals surface area (Å²) >= 11 is 0. The smallest absolute Gasteiger partial charge is 0.195 e. The van der Waals surface area contributed by atoms with E-state index in [1.807, 2.05) is 6.92 Å². The molecular weight excluding hydrogens is 200 g/mol. The zero-order valence-corrected chi connectivity index (χ0v) is 9.13. The summed E-state index contributed by atoms with van der Waals surface area (Å²) in [6.45, 7) is 3.52. The lowest BCUT2D eigenvalue weighted by atomic mass is 10.3. The minimum Gasteiger partial charge on any atom is -0.397 e. The molecule has 1 rings (SSSR count). The Morgan fingerprint density at radius 2 is 2.07 bits per heavy atom. The van der Waals surface area contributed by atoms with E-state index >= 15 is 0 Å². The Labute approximate surface area is 84.1 Å². The highest BCUT2D eigenvalue weighted by atomic mass is 32.2. The maximum Gasteiger partial charge on any atom is 0.195 e. The number of pyridine rings is 1. The molecule has 0 radical (unpaired) electrons. The highest BCUT2D eigenvalue weighted by molar-refractivity contribution is 7.91. The van der Waals surface area contributed by atoms with Gasteiger partial charge in [-0.25, -0.2) is 13.4 Å². The molecule has 0 aliphatic heterocycles. The van der Waals surface area contributed by atoms with Crippen LogP contribution in [-0.2, 0) is 9.84 Å². The number of anilines is 1. The lowest BCUT2D eigenvalue weighted by Crippen LogP contribution is -2.09. The lowest BCUT2D eigenvalue weighted by molar-refractivity contribution is 0.590. The summed E-state index contributed by atoms with van der Waals surface area (Å²) in [6.07, 6.45) is 0.591. The fourth-order valence-electron chi connectivity index (χ4n) is 1.10. The number of nitrogens with two attached hydrogens (primary N) is 1. The largest absolute Gasteiger partial charge is 0.397 e. The van der Waals surface area contributed by atoms with Gasteiger partial charge in [0.05, 0.1) is 17.1 Å². The highest BCUT2D eigenvalue weighted by Crippen LogP contribution is 2.14. The number of rotatable bonds is 3. The Kier molecular flexibility index (Phi) is 3.10. The van der Waals surface area contributed by atoms with E-state index in [9.17, 15) is 8.42 Å². The van der Waals surface area contributed by atoms with Crippen molar-refractivity contribution in [2.75, 3.05) is 11.5 Å². The van der Waals surface area contributed by atoms with E-state index in [1.54, 1.807) is 13.0 Å². The van der Waals surface area contributed by atoms with Crippen LogP contribution < -0.4 is 5.73 Å². The predicted octanol–water partition coefficient (Wildman–Crippen LogP) is 1.16. The Hall–Kier alpha value is -1.10. The van der Waals surface area contributed by atoms with E-state index in [4.69, 9.17) is 5.73 Å². The van der Waals surface area contributed by atoms with Crippen molar-refractivity contribution in [1.82, 2.24) is 4.98 Å². The van der Waals surface area contributed by atoms with Crippen LogP contribution in [0.1, 0.15) is 19.0 Å². The molecule has 78 valence electrons. The predicted molar refractivity (Wildman–Crippen MR) is 55.7 cm³/mol. The van der Waals surface area contributed by atoms with Crippen LogP contribution in [0, 0.1) is 6.92 Å². The Bertz CT molecular complexity index is 426. The first-order chi connectivity index (χ1) is 6.47. The molecule has 1 aromatic heterocycles. The van der Waals surface area contributed by atoms with Crippen molar-refractivity contribution >= 4 is 15.5 Å². The molecule has 1 aromatic rings. The first-order valence-corrected chi connectivity index (χ1v) is 6.08. The van der Waals surface area contributed by atoms with Gasteiger partial charge >= 0.3 is 0 Å². The first kappa shape index (κ1) is 11.0. The Morgan fingerprint density at radius 3 is 2.57 bits per heavy atom. The molecule has 0 amide bonds. The molecule has 0 aliphatic carbocycles. The van der Waals surface area contributed by atoms with Crippen molar-refractivity contribution in [3.63, 3.8) is 0 Å². The Balaban J connectivity index is 3.15. The van der Waals surface area contributed by atoms with Crippen LogP contribution >= 0.6 is 0 Å². The van der Waals surface area contributed by atoms with Crippen LogP contribution in [-0.4, -0.2) is 19.2 Å². The van der Waals surface area contributed by atoms with E-state index < -0.39 is 9.84 Å². The zero-order valence-electron chi connectivity index (χ0n) is 8.32. The molecule has 0 bridgehead atoms. The van der Waals surface area contributed by atoms with Crippen molar-refractivity contribution in [2.24, 2.45) is 0 Å². The quantitative estimate of drug-likeness (QED) is 0.819. The van der Waals surface area contributed by atoms with Gasteiger partial charge in [0.2, 0.25) is 0 Å². The zero-order chi connectivity index (χ0) is 10.8. The van der Waals surface area contributed by atoms with E-state index in [0.717, 1.165) is 0 Å². The molecule has 0 unspecified atom stereocenters. The molecule has 0 aromatic carbocycles. The summed E-state index contributed by atoms with van der Waals surface area (Å²) in [6, 6.07) is 3.03. The molecule has 4 nitrogen and oxygen atoms in total. The summed E-state index contributed by atoms with van der Waals surface area (Å²) in [5.41, 5.74) is 6.62. The van der Waals surface area contributed by atoms with Crippen molar-refractivity contribution < 1.29 is 8.42 Å². The molecule has 0 fully saturated rings. The second-order valence-corrected chi connectivity index (χ2v) is 5.20. The summed E-state index contributed by atoms with van der Waals surface area (Å²) in [5, 5.41) is 0.117. The van der Waals surface area contributed by atoms with Gasteiger partial charge in [-0.3, -0.25) is 0 Å². The number of sulfone groups is 1. The lowest BCUT2D eigenvalue weighted by Gasteiger charge is -2.04. The average Bonchev–Trinajstić information content (AvgIpc) is 2.09. The van der Waals surface area contributed by atoms with Crippen LogP contribution in [0.25, 0.3) is 0 Å². The number of hydrogen-bond donors (Lipinski definition) is 1. The number of aromatic nitrogens is 1. The van der Waals surface area contributed by atoms with Crippen molar-refractivity contribution in [2.45, 2.75) is 25.3 Å². The fraction of sp³-hybridized carbons (Fsp3) is 0.444. The normalized spacial score (nSPS) is 11.6. The number of nitrogen functional groups attached to an aromatic ring is 1. The number of hydrogen-bond acceptors (Lipinski definition) is 4. The second-order valence-electron chi connectivity index (χ2n) is 3.14. The third-order valence-electron chi connectivity index (χ3n) is 1.89. The van der Waals surface area contributed by atoms with Gasteiger partial charge in [-0.1, -0.05) is 6.92 Å². The summed E-state index contributed by atoms with van der Waals surface area (Å²) in [4.78, 5) is 3.95. The minimum atomic E-state index is -3.22. The van der Waals surface area contributed by atoms with Crippen LogP contribution in [0.2, 0.25) is 0 Å².